The number of aryl methyl sites for hydroxylation is 4. The Hall–Kier alpha value is -1.81. The van der Waals surface area contributed by atoms with Gasteiger partial charge in [0.2, 0.25) is 5.96 Å². The maximum Gasteiger partial charge on any atom is 0.203 e. The Kier molecular flexibility index (Phi) is 4.68. The topological polar surface area (TPSA) is 30.3 Å². The van der Waals surface area contributed by atoms with Gasteiger partial charge in [-0.25, -0.2) is 0 Å². The molecule has 1 atom stereocenters. The highest BCUT2D eigenvalue weighted by Gasteiger charge is 2.37. The van der Waals surface area contributed by atoms with E-state index < -0.39 is 0 Å². The maximum absolute atomic E-state index is 8.89. The Morgan fingerprint density at radius 3 is 1.83 bits per heavy atom. The predicted molar refractivity (Wildman–Crippen MR) is 107 cm³/mol. The minimum absolute atomic E-state index is 0.247. The van der Waals surface area contributed by atoms with E-state index in [4.69, 9.17) is 5.41 Å². The average molecular weight is 386 g/mol. The fourth-order valence-electron chi connectivity index (χ4n) is 3.70. The van der Waals surface area contributed by atoms with Crippen LogP contribution < -0.4 is 9.80 Å². The van der Waals surface area contributed by atoms with Crippen LogP contribution in [0.1, 0.15) is 22.3 Å². The molecule has 0 amide bonds. The highest BCUT2D eigenvalue weighted by molar-refractivity contribution is 9.09. The first-order chi connectivity index (χ1) is 11.5. The lowest BCUT2D eigenvalue weighted by molar-refractivity contribution is 0.804. The minimum atomic E-state index is 0.247. The number of alkyl halides is 1. The molecule has 126 valence electrons. The third kappa shape index (κ3) is 2.73. The van der Waals surface area contributed by atoms with Crippen LogP contribution in [0, 0.1) is 33.1 Å². The molecule has 1 N–H and O–H groups in total. The number of nitrogens with one attached hydrogen (secondary N) is 1. The van der Waals surface area contributed by atoms with Gasteiger partial charge in [0.05, 0.1) is 11.7 Å². The van der Waals surface area contributed by atoms with Crippen LogP contribution in [0.4, 0.5) is 11.4 Å². The summed E-state index contributed by atoms with van der Waals surface area (Å²) in [5.74, 6) is 0.564. The highest BCUT2D eigenvalue weighted by Crippen LogP contribution is 2.35. The molecule has 0 aromatic heterocycles. The standard InChI is InChI=1S/C20H24BrN3/c1-13-7-5-8-14(2)18(13)23-12-17(11-21)24(20(23)22)19-15(3)9-6-10-16(19)4/h5-10,17,22H,11-12H2,1-4H3. The van der Waals surface area contributed by atoms with Crippen LogP contribution in [-0.4, -0.2) is 23.9 Å². The molecular weight excluding hydrogens is 362 g/mol. The number of anilines is 2. The van der Waals surface area contributed by atoms with E-state index in [2.05, 4.69) is 89.8 Å². The molecule has 4 heteroatoms. The molecule has 2 aromatic rings. The quantitative estimate of drug-likeness (QED) is 0.757. The van der Waals surface area contributed by atoms with Crippen molar-refractivity contribution in [3.8, 4) is 0 Å². The Labute approximate surface area is 152 Å². The second-order valence-electron chi connectivity index (χ2n) is 6.59. The largest absolute Gasteiger partial charge is 0.310 e. The molecule has 2 aromatic carbocycles. The highest BCUT2D eigenvalue weighted by atomic mass is 79.9. The zero-order chi connectivity index (χ0) is 17.4. The van der Waals surface area contributed by atoms with Gasteiger partial charge in [-0.3, -0.25) is 5.41 Å². The van der Waals surface area contributed by atoms with Gasteiger partial charge in [-0.05, 0) is 49.9 Å². The van der Waals surface area contributed by atoms with Crippen molar-refractivity contribution in [2.24, 2.45) is 0 Å². The molecule has 1 fully saturated rings. The molecule has 24 heavy (non-hydrogen) atoms. The third-order valence-corrected chi connectivity index (χ3v) is 5.56. The lowest BCUT2D eigenvalue weighted by Crippen LogP contribution is -2.37. The van der Waals surface area contributed by atoms with Crippen molar-refractivity contribution >= 4 is 33.3 Å². The van der Waals surface area contributed by atoms with Crippen LogP contribution in [0.25, 0.3) is 0 Å². The zero-order valence-corrected chi connectivity index (χ0v) is 16.3. The molecule has 3 nitrogen and oxygen atoms in total. The first-order valence-corrected chi connectivity index (χ1v) is 9.41. The number of benzene rings is 2. The van der Waals surface area contributed by atoms with Crippen molar-refractivity contribution in [1.82, 2.24) is 0 Å². The summed E-state index contributed by atoms with van der Waals surface area (Å²) < 4.78 is 0. The van der Waals surface area contributed by atoms with Crippen LogP contribution >= 0.6 is 15.9 Å². The smallest absolute Gasteiger partial charge is 0.203 e. The van der Waals surface area contributed by atoms with Crippen molar-refractivity contribution in [1.29, 1.82) is 5.41 Å². The van der Waals surface area contributed by atoms with E-state index in [0.717, 1.165) is 11.9 Å². The zero-order valence-electron chi connectivity index (χ0n) is 14.7. The van der Waals surface area contributed by atoms with Crippen LogP contribution in [0.15, 0.2) is 36.4 Å². The number of nitrogens with zero attached hydrogens (tertiary/aromatic N) is 2. The second-order valence-corrected chi connectivity index (χ2v) is 7.24. The van der Waals surface area contributed by atoms with Gasteiger partial charge >= 0.3 is 0 Å². The summed E-state index contributed by atoms with van der Waals surface area (Å²) >= 11 is 3.66. The van der Waals surface area contributed by atoms with E-state index in [1.54, 1.807) is 0 Å². The molecule has 0 spiro atoms. The average Bonchev–Trinajstić information content (AvgIpc) is 2.84. The van der Waals surface area contributed by atoms with Gasteiger partial charge in [0.25, 0.3) is 0 Å². The van der Waals surface area contributed by atoms with Gasteiger partial charge < -0.3 is 9.80 Å². The summed E-state index contributed by atoms with van der Waals surface area (Å²) in [5.41, 5.74) is 7.21. The van der Waals surface area contributed by atoms with Gasteiger partial charge in [0.15, 0.2) is 0 Å². The minimum Gasteiger partial charge on any atom is -0.310 e. The van der Waals surface area contributed by atoms with Crippen molar-refractivity contribution in [2.75, 3.05) is 21.7 Å². The van der Waals surface area contributed by atoms with Crippen LogP contribution in [0.5, 0.6) is 0 Å². The number of rotatable bonds is 3. The molecule has 1 heterocycles. The van der Waals surface area contributed by atoms with Gasteiger partial charge in [0.1, 0.15) is 0 Å². The summed E-state index contributed by atoms with van der Waals surface area (Å²) in [7, 11) is 0. The summed E-state index contributed by atoms with van der Waals surface area (Å²) in [6.45, 7) is 9.33. The molecule has 0 bridgehead atoms. The molecular formula is C20H24BrN3. The molecule has 1 unspecified atom stereocenters. The summed E-state index contributed by atoms with van der Waals surface area (Å²) in [6.07, 6.45) is 0. The van der Waals surface area contributed by atoms with E-state index in [1.807, 2.05) is 0 Å². The fourth-order valence-corrected chi connectivity index (χ4v) is 4.20. The van der Waals surface area contributed by atoms with E-state index in [9.17, 15) is 0 Å². The molecule has 1 aliphatic rings. The van der Waals surface area contributed by atoms with Crippen LogP contribution in [0.3, 0.4) is 0 Å². The summed E-state index contributed by atoms with van der Waals surface area (Å²) in [4.78, 5) is 4.34. The van der Waals surface area contributed by atoms with Gasteiger partial charge in [-0.15, -0.1) is 0 Å². The fraction of sp³-hybridized carbons (Fsp3) is 0.350. The Bertz CT molecular complexity index is 744. The molecule has 0 saturated carbocycles. The van der Waals surface area contributed by atoms with E-state index >= 15 is 0 Å². The number of hydrogen-bond donors (Lipinski definition) is 1. The van der Waals surface area contributed by atoms with E-state index in [0.29, 0.717) is 5.96 Å². The van der Waals surface area contributed by atoms with Gasteiger partial charge in [0, 0.05) is 17.6 Å². The lowest BCUT2D eigenvalue weighted by Gasteiger charge is -2.28. The van der Waals surface area contributed by atoms with Crippen LogP contribution in [0.2, 0.25) is 0 Å². The van der Waals surface area contributed by atoms with E-state index in [1.165, 1.54) is 33.6 Å². The SMILES string of the molecule is Cc1cccc(C)c1N1CC(CBr)N(c2c(C)cccc2C)C1=N. The number of para-hydroxylation sites is 2. The Morgan fingerprint density at radius 2 is 1.38 bits per heavy atom. The first kappa shape index (κ1) is 17.0. The Balaban J connectivity index is 2.09. The van der Waals surface area contributed by atoms with Crippen molar-refractivity contribution in [3.05, 3.63) is 58.7 Å². The van der Waals surface area contributed by atoms with Gasteiger partial charge in [-0.2, -0.15) is 0 Å². The monoisotopic (exact) mass is 385 g/mol. The van der Waals surface area contributed by atoms with Gasteiger partial charge in [-0.1, -0.05) is 52.3 Å². The number of hydrogen-bond acceptors (Lipinski definition) is 1. The number of guanidine groups is 1. The maximum atomic E-state index is 8.89. The number of halogens is 1. The molecule has 1 aliphatic heterocycles. The van der Waals surface area contributed by atoms with Crippen LogP contribution in [-0.2, 0) is 0 Å². The first-order valence-electron chi connectivity index (χ1n) is 8.29. The van der Waals surface area contributed by atoms with E-state index in [-0.39, 0.29) is 6.04 Å². The normalized spacial score (nSPS) is 17.7. The second kappa shape index (κ2) is 6.60. The molecule has 0 radical (unpaired) electrons. The van der Waals surface area contributed by atoms with Crippen molar-refractivity contribution in [2.45, 2.75) is 33.7 Å². The Morgan fingerprint density at radius 1 is 0.917 bits per heavy atom. The molecule has 1 saturated heterocycles. The summed E-state index contributed by atoms with van der Waals surface area (Å²) in [6, 6.07) is 12.9. The third-order valence-electron chi connectivity index (χ3n) is 4.81. The summed E-state index contributed by atoms with van der Waals surface area (Å²) in [5, 5.41) is 9.73. The molecule has 3 rings (SSSR count). The molecule has 0 aliphatic carbocycles. The predicted octanol–water partition coefficient (Wildman–Crippen LogP) is 4.95. The van der Waals surface area contributed by atoms with Crippen molar-refractivity contribution in [3.63, 3.8) is 0 Å². The van der Waals surface area contributed by atoms with Crippen molar-refractivity contribution < 1.29 is 0 Å². The lowest BCUT2D eigenvalue weighted by atomic mass is 10.1.